The van der Waals surface area contributed by atoms with Gasteiger partial charge in [-0.15, -0.1) is 0 Å². The number of rotatable bonds is 4. The van der Waals surface area contributed by atoms with Gasteiger partial charge in [0.25, 0.3) is 10.0 Å². The first-order valence-electron chi connectivity index (χ1n) is 9.67. The summed E-state index contributed by atoms with van der Waals surface area (Å²) in [4.78, 5) is 12.8. The molecule has 0 atom stereocenters. The number of nitrogens with zero attached hydrogens (tertiary/aromatic N) is 1. The molecule has 0 unspecified atom stereocenters. The molecular weight excluding hydrogens is 396 g/mol. The summed E-state index contributed by atoms with van der Waals surface area (Å²) in [5, 5.41) is 3.48. The summed E-state index contributed by atoms with van der Waals surface area (Å²) >= 11 is 5.89. The molecule has 7 heteroatoms. The molecule has 1 N–H and O–H groups in total. The Labute approximate surface area is 170 Å². The van der Waals surface area contributed by atoms with Gasteiger partial charge in [0, 0.05) is 23.2 Å². The smallest absolute Gasteiger partial charge is 0.264 e. The highest BCUT2D eigenvalue weighted by Crippen LogP contribution is 2.35. The maximum Gasteiger partial charge on any atom is 0.264 e. The summed E-state index contributed by atoms with van der Waals surface area (Å²) in [5.74, 6) is 0.0839. The molecular formula is C21H23ClN2O3S. The van der Waals surface area contributed by atoms with Crippen LogP contribution in [0.25, 0.3) is 0 Å². The van der Waals surface area contributed by atoms with Crippen molar-refractivity contribution < 1.29 is 13.2 Å². The SMILES string of the molecule is O=C(Nc1ccc2c(c1)N(S(=O)(=O)c1ccc(Cl)cc1)CC2)C1CCCCC1. The lowest BCUT2D eigenvalue weighted by molar-refractivity contribution is -0.120. The zero-order valence-electron chi connectivity index (χ0n) is 15.5. The number of nitrogens with one attached hydrogen (secondary N) is 1. The molecule has 2 aromatic carbocycles. The minimum Gasteiger partial charge on any atom is -0.326 e. The Balaban J connectivity index is 1.58. The number of carbonyl (C=O) groups is 1. The number of hydrogen-bond donors (Lipinski definition) is 1. The summed E-state index contributed by atoms with van der Waals surface area (Å²) in [5.41, 5.74) is 2.25. The van der Waals surface area contributed by atoms with Gasteiger partial charge in [0.2, 0.25) is 5.91 Å². The Morgan fingerprint density at radius 1 is 1.04 bits per heavy atom. The molecule has 1 aliphatic carbocycles. The second kappa shape index (κ2) is 7.76. The van der Waals surface area contributed by atoms with Crippen molar-refractivity contribution in [1.82, 2.24) is 0 Å². The van der Waals surface area contributed by atoms with Crippen molar-refractivity contribution in [2.24, 2.45) is 5.92 Å². The predicted molar refractivity (Wildman–Crippen MR) is 111 cm³/mol. The van der Waals surface area contributed by atoms with Gasteiger partial charge in [-0.1, -0.05) is 36.9 Å². The molecule has 28 heavy (non-hydrogen) atoms. The van der Waals surface area contributed by atoms with Crippen molar-refractivity contribution in [3.63, 3.8) is 0 Å². The van der Waals surface area contributed by atoms with Gasteiger partial charge in [-0.2, -0.15) is 0 Å². The van der Waals surface area contributed by atoms with E-state index < -0.39 is 10.0 Å². The van der Waals surface area contributed by atoms with Crippen LogP contribution in [-0.2, 0) is 21.2 Å². The van der Waals surface area contributed by atoms with Crippen LogP contribution in [0.4, 0.5) is 11.4 Å². The summed E-state index contributed by atoms with van der Waals surface area (Å²) in [6, 6.07) is 11.7. The summed E-state index contributed by atoms with van der Waals surface area (Å²) < 4.78 is 27.6. The van der Waals surface area contributed by atoms with E-state index in [1.165, 1.54) is 22.9 Å². The first-order chi connectivity index (χ1) is 13.4. The average Bonchev–Trinajstić information content (AvgIpc) is 3.13. The Hall–Kier alpha value is -2.05. The van der Waals surface area contributed by atoms with Crippen LogP contribution in [0.15, 0.2) is 47.4 Å². The molecule has 1 heterocycles. The molecule has 0 radical (unpaired) electrons. The summed E-state index contributed by atoms with van der Waals surface area (Å²) in [6.45, 7) is 0.389. The number of anilines is 2. The van der Waals surface area contributed by atoms with Gasteiger partial charge < -0.3 is 5.32 Å². The lowest BCUT2D eigenvalue weighted by Crippen LogP contribution is -2.29. The lowest BCUT2D eigenvalue weighted by atomic mass is 9.88. The van der Waals surface area contributed by atoms with E-state index in [0.717, 1.165) is 31.2 Å². The van der Waals surface area contributed by atoms with Gasteiger partial charge in [0.05, 0.1) is 10.6 Å². The normalized spacial score (nSPS) is 17.4. The number of carbonyl (C=O) groups excluding carboxylic acids is 1. The lowest BCUT2D eigenvalue weighted by Gasteiger charge is -2.22. The minimum atomic E-state index is -3.67. The molecule has 0 saturated heterocycles. The molecule has 148 valence electrons. The topological polar surface area (TPSA) is 66.5 Å². The van der Waals surface area contributed by atoms with E-state index in [4.69, 9.17) is 11.6 Å². The molecule has 0 spiro atoms. The molecule has 1 saturated carbocycles. The zero-order chi connectivity index (χ0) is 19.7. The Bertz CT molecular complexity index is 983. The van der Waals surface area contributed by atoms with Crippen LogP contribution in [0.1, 0.15) is 37.7 Å². The van der Waals surface area contributed by atoms with Crippen molar-refractivity contribution >= 4 is 38.9 Å². The molecule has 1 amide bonds. The van der Waals surface area contributed by atoms with E-state index in [1.54, 1.807) is 18.2 Å². The first-order valence-corrected chi connectivity index (χ1v) is 11.5. The van der Waals surface area contributed by atoms with E-state index >= 15 is 0 Å². The fourth-order valence-corrected chi connectivity index (χ4v) is 5.64. The van der Waals surface area contributed by atoms with Crippen LogP contribution in [0.2, 0.25) is 5.02 Å². The largest absolute Gasteiger partial charge is 0.326 e. The maximum absolute atomic E-state index is 13.1. The monoisotopic (exact) mass is 418 g/mol. The van der Waals surface area contributed by atoms with Crippen molar-refractivity contribution in [2.75, 3.05) is 16.2 Å². The standard InChI is InChI=1S/C21H23ClN2O3S/c22-17-7-10-19(11-8-17)28(26,27)24-13-12-15-6-9-18(14-20(15)24)23-21(25)16-4-2-1-3-5-16/h6-11,14,16H,1-5,12-13H2,(H,23,25). The van der Waals surface area contributed by atoms with Crippen LogP contribution < -0.4 is 9.62 Å². The molecule has 1 aliphatic heterocycles. The van der Waals surface area contributed by atoms with Crippen LogP contribution >= 0.6 is 11.6 Å². The number of halogens is 1. The van der Waals surface area contributed by atoms with Gasteiger partial charge >= 0.3 is 0 Å². The number of sulfonamides is 1. The highest BCUT2D eigenvalue weighted by atomic mass is 35.5. The van der Waals surface area contributed by atoms with Gasteiger partial charge in [-0.3, -0.25) is 9.10 Å². The number of hydrogen-bond acceptors (Lipinski definition) is 3. The highest BCUT2D eigenvalue weighted by molar-refractivity contribution is 7.92. The Kier molecular flexibility index (Phi) is 5.34. The molecule has 0 aromatic heterocycles. The molecule has 5 nitrogen and oxygen atoms in total. The molecule has 2 aliphatic rings. The van der Waals surface area contributed by atoms with Crippen molar-refractivity contribution in [3.8, 4) is 0 Å². The third-order valence-electron chi connectivity index (χ3n) is 5.58. The minimum absolute atomic E-state index is 0.0322. The Morgan fingerprint density at radius 3 is 2.46 bits per heavy atom. The Morgan fingerprint density at radius 2 is 1.75 bits per heavy atom. The van der Waals surface area contributed by atoms with Gasteiger partial charge in [-0.25, -0.2) is 8.42 Å². The number of fused-ring (bicyclic) bond motifs is 1. The second-order valence-corrected chi connectivity index (χ2v) is 9.75. The zero-order valence-corrected chi connectivity index (χ0v) is 17.1. The van der Waals surface area contributed by atoms with E-state index in [0.29, 0.717) is 29.4 Å². The van der Waals surface area contributed by atoms with Crippen LogP contribution in [-0.4, -0.2) is 20.9 Å². The molecule has 1 fully saturated rings. The van der Waals surface area contributed by atoms with Crippen molar-refractivity contribution in [2.45, 2.75) is 43.4 Å². The quantitative estimate of drug-likeness (QED) is 0.788. The first kappa shape index (κ1) is 19.3. The number of benzene rings is 2. The predicted octanol–water partition coefficient (Wildman–Crippen LogP) is 4.61. The van der Waals surface area contributed by atoms with Crippen LogP contribution in [0.5, 0.6) is 0 Å². The van der Waals surface area contributed by atoms with E-state index in [2.05, 4.69) is 5.32 Å². The van der Waals surface area contributed by atoms with Crippen molar-refractivity contribution in [1.29, 1.82) is 0 Å². The molecule has 4 rings (SSSR count). The molecule has 0 bridgehead atoms. The summed E-state index contributed by atoms with van der Waals surface area (Å²) in [7, 11) is -3.67. The van der Waals surface area contributed by atoms with Crippen LogP contribution in [0, 0.1) is 5.92 Å². The fraction of sp³-hybridized carbons (Fsp3) is 0.381. The van der Waals surface area contributed by atoms with Gasteiger partial charge in [-0.05, 0) is 61.2 Å². The van der Waals surface area contributed by atoms with E-state index in [1.807, 2.05) is 12.1 Å². The highest BCUT2D eigenvalue weighted by Gasteiger charge is 2.31. The molecule has 2 aromatic rings. The third-order valence-corrected chi connectivity index (χ3v) is 7.66. The van der Waals surface area contributed by atoms with Crippen molar-refractivity contribution in [3.05, 3.63) is 53.1 Å². The number of amides is 1. The maximum atomic E-state index is 13.1. The van der Waals surface area contributed by atoms with Crippen LogP contribution in [0.3, 0.4) is 0 Å². The van der Waals surface area contributed by atoms with Gasteiger partial charge in [0.15, 0.2) is 0 Å². The van der Waals surface area contributed by atoms with E-state index in [9.17, 15) is 13.2 Å². The van der Waals surface area contributed by atoms with Gasteiger partial charge in [0.1, 0.15) is 0 Å². The van der Waals surface area contributed by atoms with E-state index in [-0.39, 0.29) is 16.7 Å². The summed E-state index contributed by atoms with van der Waals surface area (Å²) in [6.07, 6.45) is 5.88. The average molecular weight is 419 g/mol. The second-order valence-electron chi connectivity index (χ2n) is 7.45. The fourth-order valence-electron chi connectivity index (χ4n) is 4.02. The third kappa shape index (κ3) is 3.76.